The van der Waals surface area contributed by atoms with E-state index in [1.54, 1.807) is 0 Å². The Morgan fingerprint density at radius 2 is 2.20 bits per heavy atom. The highest BCUT2D eigenvalue weighted by Gasteiger charge is 2.00. The summed E-state index contributed by atoms with van der Waals surface area (Å²) in [5.41, 5.74) is 1.32. The van der Waals surface area contributed by atoms with Crippen molar-refractivity contribution in [3.8, 4) is 0 Å². The number of hydrogen-bond donors (Lipinski definition) is 1. The van der Waals surface area contributed by atoms with Gasteiger partial charge in [-0.25, -0.2) is 0 Å². The SMILES string of the molecule is CCCCSc1ccc(CNC)c(Br)c1. The van der Waals surface area contributed by atoms with Crippen LogP contribution in [0.5, 0.6) is 0 Å². The molecule has 0 unspecified atom stereocenters. The maximum absolute atomic E-state index is 3.60. The lowest BCUT2D eigenvalue weighted by molar-refractivity contribution is 0.813. The molecule has 0 spiro atoms. The smallest absolute Gasteiger partial charge is 0.0231 e. The number of rotatable bonds is 6. The van der Waals surface area contributed by atoms with E-state index in [4.69, 9.17) is 0 Å². The van der Waals surface area contributed by atoms with Crippen molar-refractivity contribution in [3.63, 3.8) is 0 Å². The van der Waals surface area contributed by atoms with Crippen molar-refractivity contribution < 1.29 is 0 Å². The van der Waals surface area contributed by atoms with Gasteiger partial charge < -0.3 is 5.32 Å². The number of hydrogen-bond acceptors (Lipinski definition) is 2. The lowest BCUT2D eigenvalue weighted by Gasteiger charge is -2.06. The molecule has 0 aliphatic carbocycles. The molecular weight excluding hydrogens is 270 g/mol. The molecule has 3 heteroatoms. The Labute approximate surface area is 105 Å². The highest BCUT2D eigenvalue weighted by molar-refractivity contribution is 9.10. The van der Waals surface area contributed by atoms with Gasteiger partial charge in [0.15, 0.2) is 0 Å². The molecule has 1 N–H and O–H groups in total. The molecule has 0 radical (unpaired) electrons. The zero-order valence-corrected chi connectivity index (χ0v) is 11.7. The van der Waals surface area contributed by atoms with Crippen molar-refractivity contribution in [3.05, 3.63) is 28.2 Å². The third-order valence-corrected chi connectivity index (χ3v) is 3.98. The van der Waals surface area contributed by atoms with Gasteiger partial charge in [0.1, 0.15) is 0 Å². The largest absolute Gasteiger partial charge is 0.316 e. The van der Waals surface area contributed by atoms with Gasteiger partial charge in [-0.2, -0.15) is 0 Å². The second-order valence-corrected chi connectivity index (χ2v) is 5.51. The summed E-state index contributed by atoms with van der Waals surface area (Å²) in [6.07, 6.45) is 2.56. The predicted molar refractivity (Wildman–Crippen MR) is 72.5 cm³/mol. The van der Waals surface area contributed by atoms with E-state index >= 15 is 0 Å². The second kappa shape index (κ2) is 7.31. The Morgan fingerprint density at radius 3 is 2.80 bits per heavy atom. The van der Waals surface area contributed by atoms with Gasteiger partial charge in [-0.3, -0.25) is 0 Å². The summed E-state index contributed by atoms with van der Waals surface area (Å²) in [5, 5.41) is 3.16. The van der Waals surface area contributed by atoms with E-state index in [0.717, 1.165) is 6.54 Å². The van der Waals surface area contributed by atoms with Gasteiger partial charge in [-0.15, -0.1) is 11.8 Å². The predicted octanol–water partition coefficient (Wildman–Crippen LogP) is 4.06. The van der Waals surface area contributed by atoms with Crippen molar-refractivity contribution in [2.75, 3.05) is 12.8 Å². The standard InChI is InChI=1S/C12H18BrNS/c1-3-4-7-15-11-6-5-10(9-14-2)12(13)8-11/h5-6,8,14H,3-4,7,9H2,1-2H3. The lowest BCUT2D eigenvalue weighted by atomic mass is 10.2. The molecule has 0 aliphatic heterocycles. The minimum atomic E-state index is 0.917. The number of halogens is 1. The molecule has 0 aromatic heterocycles. The van der Waals surface area contributed by atoms with Gasteiger partial charge in [0.2, 0.25) is 0 Å². The Morgan fingerprint density at radius 1 is 1.40 bits per heavy atom. The van der Waals surface area contributed by atoms with Crippen LogP contribution in [0.2, 0.25) is 0 Å². The Bertz CT molecular complexity index is 302. The molecule has 0 aliphatic rings. The number of nitrogens with one attached hydrogen (secondary N) is 1. The van der Waals surface area contributed by atoms with Crippen LogP contribution in [0.3, 0.4) is 0 Å². The number of benzene rings is 1. The first kappa shape index (κ1) is 13.1. The number of unbranched alkanes of at least 4 members (excludes halogenated alkanes) is 1. The van der Waals surface area contributed by atoms with Crippen LogP contribution in [0.1, 0.15) is 25.3 Å². The highest BCUT2D eigenvalue weighted by Crippen LogP contribution is 2.25. The molecule has 1 aromatic carbocycles. The summed E-state index contributed by atoms with van der Waals surface area (Å²) in [4.78, 5) is 1.36. The van der Waals surface area contributed by atoms with Crippen molar-refractivity contribution in [1.29, 1.82) is 0 Å². The molecule has 15 heavy (non-hydrogen) atoms. The maximum Gasteiger partial charge on any atom is 0.0231 e. The van der Waals surface area contributed by atoms with Crippen LogP contribution >= 0.6 is 27.7 Å². The monoisotopic (exact) mass is 287 g/mol. The first-order valence-corrected chi connectivity index (χ1v) is 7.11. The summed E-state index contributed by atoms with van der Waals surface area (Å²) in [5.74, 6) is 1.22. The molecule has 1 aromatic rings. The zero-order chi connectivity index (χ0) is 11.1. The van der Waals surface area contributed by atoms with Crippen LogP contribution in [0.15, 0.2) is 27.6 Å². The molecular formula is C12H18BrNS. The Balaban J connectivity index is 2.56. The third kappa shape index (κ3) is 4.58. The first-order chi connectivity index (χ1) is 7.27. The summed E-state index contributed by atoms with van der Waals surface area (Å²) in [6.45, 7) is 3.15. The van der Waals surface area contributed by atoms with E-state index in [1.165, 1.54) is 33.5 Å². The molecule has 0 saturated carbocycles. The van der Waals surface area contributed by atoms with Crippen molar-refractivity contribution in [1.82, 2.24) is 5.32 Å². The van der Waals surface area contributed by atoms with Crippen molar-refractivity contribution in [2.45, 2.75) is 31.2 Å². The summed E-state index contributed by atoms with van der Waals surface area (Å²) in [7, 11) is 1.97. The minimum Gasteiger partial charge on any atom is -0.316 e. The number of thioether (sulfide) groups is 1. The fourth-order valence-corrected chi connectivity index (χ4v) is 2.99. The topological polar surface area (TPSA) is 12.0 Å². The summed E-state index contributed by atoms with van der Waals surface area (Å²) < 4.78 is 1.21. The fraction of sp³-hybridized carbons (Fsp3) is 0.500. The van der Waals surface area contributed by atoms with Crippen LogP contribution in [0.25, 0.3) is 0 Å². The molecule has 0 bridgehead atoms. The van der Waals surface area contributed by atoms with Crippen LogP contribution in [-0.2, 0) is 6.54 Å². The summed E-state index contributed by atoms with van der Waals surface area (Å²) in [6, 6.07) is 6.61. The van der Waals surface area contributed by atoms with E-state index < -0.39 is 0 Å². The molecule has 0 fully saturated rings. The van der Waals surface area contributed by atoms with E-state index in [2.05, 4.69) is 46.4 Å². The normalized spacial score (nSPS) is 10.6. The quantitative estimate of drug-likeness (QED) is 0.626. The Kier molecular flexibility index (Phi) is 6.37. The van der Waals surface area contributed by atoms with E-state index in [0.29, 0.717) is 0 Å². The molecule has 0 heterocycles. The molecule has 1 rings (SSSR count). The van der Waals surface area contributed by atoms with Gasteiger partial charge in [0.05, 0.1) is 0 Å². The van der Waals surface area contributed by atoms with Gasteiger partial charge in [-0.05, 0) is 36.9 Å². The van der Waals surface area contributed by atoms with Gasteiger partial charge in [-0.1, -0.05) is 35.3 Å². The molecule has 1 nitrogen and oxygen atoms in total. The van der Waals surface area contributed by atoms with Gasteiger partial charge in [0.25, 0.3) is 0 Å². The average molecular weight is 288 g/mol. The van der Waals surface area contributed by atoms with Crippen molar-refractivity contribution in [2.24, 2.45) is 0 Å². The van der Waals surface area contributed by atoms with Crippen LogP contribution in [0.4, 0.5) is 0 Å². The third-order valence-electron chi connectivity index (χ3n) is 2.16. The van der Waals surface area contributed by atoms with Gasteiger partial charge >= 0.3 is 0 Å². The van der Waals surface area contributed by atoms with E-state index in [9.17, 15) is 0 Å². The maximum atomic E-state index is 3.60. The van der Waals surface area contributed by atoms with Gasteiger partial charge in [0, 0.05) is 15.9 Å². The molecule has 0 atom stereocenters. The molecule has 84 valence electrons. The van der Waals surface area contributed by atoms with Crippen LogP contribution in [0, 0.1) is 0 Å². The zero-order valence-electron chi connectivity index (χ0n) is 9.35. The van der Waals surface area contributed by atoms with Crippen molar-refractivity contribution >= 4 is 27.7 Å². The average Bonchev–Trinajstić information content (AvgIpc) is 2.23. The molecule has 0 saturated heterocycles. The lowest BCUT2D eigenvalue weighted by Crippen LogP contribution is -2.05. The van der Waals surface area contributed by atoms with Crippen LogP contribution < -0.4 is 5.32 Å². The molecule has 0 amide bonds. The summed E-state index contributed by atoms with van der Waals surface area (Å²) >= 11 is 5.54. The van der Waals surface area contributed by atoms with E-state index in [-0.39, 0.29) is 0 Å². The van der Waals surface area contributed by atoms with E-state index in [1.807, 2.05) is 18.8 Å². The fourth-order valence-electron chi connectivity index (χ4n) is 1.29. The minimum absolute atomic E-state index is 0.917. The first-order valence-electron chi connectivity index (χ1n) is 5.33. The highest BCUT2D eigenvalue weighted by atomic mass is 79.9. The Hall–Kier alpha value is 0.01000. The second-order valence-electron chi connectivity index (χ2n) is 3.49. The van der Waals surface area contributed by atoms with Crippen LogP contribution in [-0.4, -0.2) is 12.8 Å².